The molecule has 0 aliphatic heterocycles. The van der Waals surface area contributed by atoms with Crippen LogP contribution < -0.4 is 10.6 Å². The standard InChI is InChI=1S/C18H24N4O/c1-11-4-5-12(2)15(8-11)20-17-9-16(14-6-7-14)21-18(22-17)19-13(3)10-23/h4-5,8-9,13-14,23H,6-7,10H2,1-3H3,(H2,19,20,21,22)/t13-/m1/s1. The van der Waals surface area contributed by atoms with Crippen molar-refractivity contribution in [1.29, 1.82) is 0 Å². The largest absolute Gasteiger partial charge is 0.394 e. The molecule has 1 aromatic carbocycles. The van der Waals surface area contributed by atoms with Gasteiger partial charge in [-0.15, -0.1) is 0 Å². The number of hydrogen-bond acceptors (Lipinski definition) is 5. The van der Waals surface area contributed by atoms with Crippen LogP contribution >= 0.6 is 0 Å². The minimum atomic E-state index is -0.0713. The SMILES string of the molecule is Cc1ccc(C)c(Nc2cc(C3CC3)nc(N[C@H](C)CO)n2)c1. The molecule has 3 N–H and O–H groups in total. The maximum Gasteiger partial charge on any atom is 0.225 e. The number of hydrogen-bond donors (Lipinski definition) is 3. The minimum absolute atomic E-state index is 0.0523. The Kier molecular flexibility index (Phi) is 4.48. The van der Waals surface area contributed by atoms with Gasteiger partial charge in [-0.05, 0) is 50.8 Å². The highest BCUT2D eigenvalue weighted by Gasteiger charge is 2.26. The van der Waals surface area contributed by atoms with E-state index in [1.807, 2.05) is 13.0 Å². The van der Waals surface area contributed by atoms with Crippen LogP contribution in [0.3, 0.4) is 0 Å². The number of aromatic nitrogens is 2. The molecule has 0 spiro atoms. The quantitative estimate of drug-likeness (QED) is 0.761. The third-order valence-corrected chi connectivity index (χ3v) is 4.05. The lowest BCUT2D eigenvalue weighted by Gasteiger charge is -2.15. The van der Waals surface area contributed by atoms with Crippen molar-refractivity contribution in [2.45, 2.75) is 45.6 Å². The van der Waals surface area contributed by atoms with Crippen LogP contribution in [0.15, 0.2) is 24.3 Å². The molecule has 5 nitrogen and oxygen atoms in total. The first-order valence-corrected chi connectivity index (χ1v) is 8.16. The van der Waals surface area contributed by atoms with E-state index in [-0.39, 0.29) is 12.6 Å². The molecule has 122 valence electrons. The summed E-state index contributed by atoms with van der Waals surface area (Å²) in [5.41, 5.74) is 4.52. The first-order chi connectivity index (χ1) is 11.0. The summed E-state index contributed by atoms with van der Waals surface area (Å²) in [6.07, 6.45) is 2.38. The molecule has 1 saturated carbocycles. The number of aryl methyl sites for hydroxylation is 2. The predicted molar refractivity (Wildman–Crippen MR) is 93.4 cm³/mol. The highest BCUT2D eigenvalue weighted by Crippen LogP contribution is 2.40. The highest BCUT2D eigenvalue weighted by molar-refractivity contribution is 5.62. The van der Waals surface area contributed by atoms with Gasteiger partial charge in [0.25, 0.3) is 0 Å². The molecule has 5 heteroatoms. The molecule has 0 radical (unpaired) electrons. The van der Waals surface area contributed by atoms with Crippen molar-refractivity contribution in [3.63, 3.8) is 0 Å². The van der Waals surface area contributed by atoms with Crippen molar-refractivity contribution < 1.29 is 5.11 Å². The van der Waals surface area contributed by atoms with Gasteiger partial charge in [-0.25, -0.2) is 4.98 Å². The summed E-state index contributed by atoms with van der Waals surface area (Å²) in [4.78, 5) is 9.14. The maximum atomic E-state index is 9.22. The Hall–Kier alpha value is -2.14. The van der Waals surface area contributed by atoms with E-state index in [0.29, 0.717) is 11.9 Å². The van der Waals surface area contributed by atoms with Crippen LogP contribution in [0.1, 0.15) is 42.5 Å². The zero-order valence-electron chi connectivity index (χ0n) is 13.9. The predicted octanol–water partition coefficient (Wildman–Crippen LogP) is 3.51. The Bertz CT molecular complexity index is 697. The van der Waals surface area contributed by atoms with Gasteiger partial charge in [0.05, 0.1) is 12.3 Å². The lowest BCUT2D eigenvalue weighted by molar-refractivity contribution is 0.281. The summed E-state index contributed by atoms with van der Waals surface area (Å²) >= 11 is 0. The second-order valence-corrected chi connectivity index (χ2v) is 6.45. The highest BCUT2D eigenvalue weighted by atomic mass is 16.3. The van der Waals surface area contributed by atoms with Crippen molar-refractivity contribution >= 4 is 17.5 Å². The van der Waals surface area contributed by atoms with E-state index in [0.717, 1.165) is 17.2 Å². The van der Waals surface area contributed by atoms with Gasteiger partial charge in [-0.2, -0.15) is 4.98 Å². The molecule has 23 heavy (non-hydrogen) atoms. The minimum Gasteiger partial charge on any atom is -0.394 e. The van der Waals surface area contributed by atoms with E-state index in [1.54, 1.807) is 0 Å². The average Bonchev–Trinajstić information content (AvgIpc) is 3.35. The van der Waals surface area contributed by atoms with Gasteiger partial charge in [-0.1, -0.05) is 12.1 Å². The van der Waals surface area contributed by atoms with Crippen LogP contribution in [0.2, 0.25) is 0 Å². The summed E-state index contributed by atoms with van der Waals surface area (Å²) in [6.45, 7) is 6.12. The normalized spacial score (nSPS) is 15.3. The van der Waals surface area contributed by atoms with Crippen LogP contribution in [-0.2, 0) is 0 Å². The number of nitrogens with zero attached hydrogens (tertiary/aromatic N) is 2. The number of anilines is 3. The average molecular weight is 312 g/mol. The van der Waals surface area contributed by atoms with Crippen molar-refractivity contribution in [3.8, 4) is 0 Å². The van der Waals surface area contributed by atoms with Gasteiger partial charge in [0.2, 0.25) is 5.95 Å². The number of rotatable bonds is 6. The molecule has 2 aromatic rings. The van der Waals surface area contributed by atoms with Gasteiger partial charge in [0, 0.05) is 23.7 Å². The number of aliphatic hydroxyl groups is 1. The first-order valence-electron chi connectivity index (χ1n) is 8.16. The number of benzene rings is 1. The summed E-state index contributed by atoms with van der Waals surface area (Å²) < 4.78 is 0. The second kappa shape index (κ2) is 6.54. The molecule has 3 rings (SSSR count). The summed E-state index contributed by atoms with van der Waals surface area (Å²) in [5.74, 6) is 1.91. The molecule has 1 atom stereocenters. The van der Waals surface area contributed by atoms with Crippen molar-refractivity contribution in [2.75, 3.05) is 17.2 Å². The van der Waals surface area contributed by atoms with Crippen molar-refractivity contribution in [1.82, 2.24) is 9.97 Å². The number of nitrogens with one attached hydrogen (secondary N) is 2. The molecule has 0 unspecified atom stereocenters. The van der Waals surface area contributed by atoms with E-state index < -0.39 is 0 Å². The fraction of sp³-hybridized carbons (Fsp3) is 0.444. The van der Waals surface area contributed by atoms with Crippen LogP contribution in [0.25, 0.3) is 0 Å². The van der Waals surface area contributed by atoms with E-state index in [9.17, 15) is 5.11 Å². The summed E-state index contributed by atoms with van der Waals surface area (Å²) in [7, 11) is 0. The van der Waals surface area contributed by atoms with Gasteiger partial charge in [0.1, 0.15) is 5.82 Å². The zero-order chi connectivity index (χ0) is 16.4. The molecule has 0 amide bonds. The van der Waals surface area contributed by atoms with Crippen LogP contribution in [-0.4, -0.2) is 27.7 Å². The first kappa shape index (κ1) is 15.7. The zero-order valence-corrected chi connectivity index (χ0v) is 13.9. The topological polar surface area (TPSA) is 70.1 Å². The Labute approximate surface area is 137 Å². The molecule has 1 aliphatic rings. The van der Waals surface area contributed by atoms with Gasteiger partial charge in [-0.3, -0.25) is 0 Å². The second-order valence-electron chi connectivity index (χ2n) is 6.45. The maximum absolute atomic E-state index is 9.22. The molecule has 1 aliphatic carbocycles. The summed E-state index contributed by atoms with van der Waals surface area (Å²) in [6, 6.07) is 8.30. The van der Waals surface area contributed by atoms with E-state index in [2.05, 4.69) is 52.6 Å². The Morgan fingerprint density at radius 1 is 1.22 bits per heavy atom. The smallest absolute Gasteiger partial charge is 0.225 e. The van der Waals surface area contributed by atoms with Crippen LogP contribution in [0.4, 0.5) is 17.5 Å². The van der Waals surface area contributed by atoms with Crippen molar-refractivity contribution in [2.24, 2.45) is 0 Å². The lowest BCUT2D eigenvalue weighted by atomic mass is 10.1. The molecular formula is C18H24N4O. The molecule has 0 saturated heterocycles. The fourth-order valence-corrected chi connectivity index (χ4v) is 2.46. The molecule has 1 fully saturated rings. The third-order valence-electron chi connectivity index (χ3n) is 4.05. The van der Waals surface area contributed by atoms with Crippen molar-refractivity contribution in [3.05, 3.63) is 41.1 Å². The van der Waals surface area contributed by atoms with E-state index in [1.165, 1.54) is 24.0 Å². The molecule has 1 heterocycles. The fourth-order valence-electron chi connectivity index (χ4n) is 2.46. The lowest BCUT2D eigenvalue weighted by Crippen LogP contribution is -2.21. The molecular weight excluding hydrogens is 288 g/mol. The number of aliphatic hydroxyl groups excluding tert-OH is 1. The molecule has 1 aromatic heterocycles. The Balaban J connectivity index is 1.89. The molecule has 0 bridgehead atoms. The Morgan fingerprint density at radius 2 is 2.00 bits per heavy atom. The third kappa shape index (κ3) is 3.99. The summed E-state index contributed by atoms with van der Waals surface area (Å²) in [5, 5.41) is 15.8. The van der Waals surface area contributed by atoms with Gasteiger partial charge >= 0.3 is 0 Å². The van der Waals surface area contributed by atoms with Gasteiger partial charge < -0.3 is 15.7 Å². The Morgan fingerprint density at radius 3 is 2.70 bits per heavy atom. The van der Waals surface area contributed by atoms with Gasteiger partial charge in [0.15, 0.2) is 0 Å². The monoisotopic (exact) mass is 312 g/mol. The van der Waals surface area contributed by atoms with Crippen LogP contribution in [0, 0.1) is 13.8 Å². The van der Waals surface area contributed by atoms with Crippen LogP contribution in [0.5, 0.6) is 0 Å². The van der Waals surface area contributed by atoms with E-state index >= 15 is 0 Å². The van der Waals surface area contributed by atoms with E-state index in [4.69, 9.17) is 0 Å².